The van der Waals surface area contributed by atoms with Gasteiger partial charge >= 0.3 is 0 Å². The van der Waals surface area contributed by atoms with Gasteiger partial charge in [-0.1, -0.05) is 62.7 Å². The fraction of sp³-hybridized carbons (Fsp3) is 0.474. The summed E-state index contributed by atoms with van der Waals surface area (Å²) in [5.74, 6) is 0.872. The van der Waals surface area contributed by atoms with Gasteiger partial charge in [-0.25, -0.2) is 8.70 Å². The number of nitrogens with zero attached hydrogens (tertiary/aromatic N) is 1. The van der Waals surface area contributed by atoms with E-state index in [1.165, 1.54) is 42.3 Å². The summed E-state index contributed by atoms with van der Waals surface area (Å²) in [4.78, 5) is 25.5. The number of carbonyl (C=O) groups excluding carboxylic acids is 2. The molecule has 1 aliphatic rings. The van der Waals surface area contributed by atoms with Crippen molar-refractivity contribution in [2.24, 2.45) is 5.92 Å². The SMILES string of the molecule is CCOc1ccc(P(C)SN(CC(C)C)CC(O)[C@H](Cc2ccccc2)NC(=O)CNC(=O)CNCc2cccc(F)c2)cc1C1CCC1. The zero-order valence-corrected chi connectivity index (χ0v) is 30.9. The molecule has 11 heteroatoms. The maximum absolute atomic E-state index is 13.4. The molecular weight excluding hydrogens is 658 g/mol. The van der Waals surface area contributed by atoms with Crippen LogP contribution in [0, 0.1) is 11.7 Å². The molecule has 4 rings (SSSR count). The molecule has 0 heterocycles. The largest absolute Gasteiger partial charge is 0.494 e. The molecule has 2 amide bonds. The van der Waals surface area contributed by atoms with Crippen LogP contribution in [0.4, 0.5) is 4.39 Å². The second-order valence-electron chi connectivity index (χ2n) is 13.0. The number of amides is 2. The van der Waals surface area contributed by atoms with Crippen LogP contribution in [-0.4, -0.2) is 72.8 Å². The van der Waals surface area contributed by atoms with Gasteiger partial charge in [0.25, 0.3) is 0 Å². The van der Waals surface area contributed by atoms with E-state index in [0.717, 1.165) is 23.4 Å². The highest BCUT2D eigenvalue weighted by atomic mass is 32.7. The molecule has 0 radical (unpaired) electrons. The number of aliphatic hydroxyl groups excluding tert-OH is 1. The van der Waals surface area contributed by atoms with Gasteiger partial charge in [0.2, 0.25) is 11.8 Å². The van der Waals surface area contributed by atoms with E-state index in [1.54, 1.807) is 23.7 Å². The van der Waals surface area contributed by atoms with Gasteiger partial charge in [0.15, 0.2) is 0 Å². The minimum atomic E-state index is -0.853. The Morgan fingerprint density at radius 1 is 1.00 bits per heavy atom. The highest BCUT2D eigenvalue weighted by Crippen LogP contribution is 2.49. The van der Waals surface area contributed by atoms with Crippen LogP contribution < -0.4 is 26.0 Å². The Bertz CT molecular complexity index is 1480. The molecule has 0 aromatic heterocycles. The number of nitrogens with one attached hydrogen (secondary N) is 3. The van der Waals surface area contributed by atoms with E-state index in [9.17, 15) is 19.1 Å². The number of aliphatic hydroxyl groups is 1. The lowest BCUT2D eigenvalue weighted by atomic mass is 9.80. The average molecular weight is 711 g/mol. The smallest absolute Gasteiger partial charge is 0.239 e. The third-order valence-corrected chi connectivity index (χ3v) is 12.3. The standard InChI is InChI=1S/C38H52FN4O4PS/c1-5-47-36-18-17-32(21-33(36)30-14-10-15-30)48(4)49-43(25-27(2)3)26-35(44)34(20-28-11-7-6-8-12-28)42-38(46)24-41-37(45)23-40-22-29-13-9-16-31(39)19-29/h6-9,11-13,16-19,21,27,30,34-35,40,44H,5,10,14-15,20,22-26H2,1-4H3,(H,41,45)(H,42,46)/t34-,35?,48?/m0/s1. The first-order chi connectivity index (χ1) is 23.6. The van der Waals surface area contributed by atoms with E-state index in [4.69, 9.17) is 4.74 Å². The first-order valence-corrected chi connectivity index (χ1v) is 20.4. The molecule has 1 fully saturated rings. The number of rotatable bonds is 20. The number of hydrogen-bond donors (Lipinski definition) is 4. The minimum absolute atomic E-state index is 0.0161. The molecular formula is C38H52FN4O4PS. The third kappa shape index (κ3) is 13.0. The molecule has 49 heavy (non-hydrogen) atoms. The van der Waals surface area contributed by atoms with Crippen LogP contribution >= 0.6 is 18.7 Å². The Kier molecular flexibility index (Phi) is 15.8. The molecule has 0 spiro atoms. The molecule has 1 saturated carbocycles. The lowest BCUT2D eigenvalue weighted by molar-refractivity contribution is -0.126. The van der Waals surface area contributed by atoms with Gasteiger partial charge in [0.05, 0.1) is 31.8 Å². The Hall–Kier alpha value is -3.01. The molecule has 3 aromatic rings. The first kappa shape index (κ1) is 38.8. The van der Waals surface area contributed by atoms with Crippen molar-refractivity contribution < 1.29 is 23.8 Å². The summed E-state index contributed by atoms with van der Waals surface area (Å²) in [7, 11) is -0.622. The summed E-state index contributed by atoms with van der Waals surface area (Å²) in [5.41, 5.74) is 3.04. The molecule has 0 aliphatic heterocycles. The van der Waals surface area contributed by atoms with Gasteiger partial charge in [0, 0.05) is 19.6 Å². The second-order valence-corrected chi connectivity index (χ2v) is 17.4. The zero-order chi connectivity index (χ0) is 35.2. The van der Waals surface area contributed by atoms with Crippen LogP contribution in [0.1, 0.15) is 62.6 Å². The van der Waals surface area contributed by atoms with E-state index in [-0.39, 0.29) is 30.7 Å². The van der Waals surface area contributed by atoms with Crippen LogP contribution in [-0.2, 0) is 22.6 Å². The second kappa shape index (κ2) is 20.0. The summed E-state index contributed by atoms with van der Waals surface area (Å²) in [6.45, 7) is 10.5. The van der Waals surface area contributed by atoms with Crippen LogP contribution in [0.25, 0.3) is 0 Å². The van der Waals surface area contributed by atoms with Gasteiger partial charge in [-0.3, -0.25) is 9.59 Å². The Labute approximate surface area is 296 Å². The van der Waals surface area contributed by atoms with Crippen molar-refractivity contribution in [3.05, 3.63) is 95.3 Å². The van der Waals surface area contributed by atoms with Crippen molar-refractivity contribution >= 4 is 35.8 Å². The predicted molar refractivity (Wildman–Crippen MR) is 200 cm³/mol. The molecule has 0 saturated heterocycles. The molecule has 3 atom stereocenters. The Balaban J connectivity index is 1.37. The normalized spacial score (nSPS) is 15.0. The number of carbonyl (C=O) groups is 2. The van der Waals surface area contributed by atoms with Crippen molar-refractivity contribution in [1.82, 2.24) is 20.3 Å². The molecule has 266 valence electrons. The van der Waals surface area contributed by atoms with Crippen molar-refractivity contribution in [3.8, 4) is 5.75 Å². The first-order valence-electron chi connectivity index (χ1n) is 17.3. The van der Waals surface area contributed by atoms with E-state index in [1.807, 2.05) is 37.3 Å². The summed E-state index contributed by atoms with van der Waals surface area (Å²) in [5, 5.41) is 21.6. The fourth-order valence-electron chi connectivity index (χ4n) is 5.78. The molecule has 3 aromatic carbocycles. The zero-order valence-electron chi connectivity index (χ0n) is 29.2. The average Bonchev–Trinajstić information content (AvgIpc) is 3.03. The minimum Gasteiger partial charge on any atom is -0.494 e. The third-order valence-electron chi connectivity index (χ3n) is 8.46. The monoisotopic (exact) mass is 710 g/mol. The lowest BCUT2D eigenvalue weighted by Gasteiger charge is -2.32. The van der Waals surface area contributed by atoms with E-state index in [2.05, 4.69) is 59.0 Å². The topological polar surface area (TPSA) is 103 Å². The Morgan fingerprint density at radius 2 is 1.76 bits per heavy atom. The molecule has 8 nitrogen and oxygen atoms in total. The maximum atomic E-state index is 13.4. The summed E-state index contributed by atoms with van der Waals surface area (Å²) in [6, 6.07) is 22.0. The van der Waals surface area contributed by atoms with Gasteiger partial charge < -0.3 is 25.8 Å². The summed E-state index contributed by atoms with van der Waals surface area (Å²) < 4.78 is 21.6. The van der Waals surface area contributed by atoms with Gasteiger partial charge in [-0.05, 0) is 116 Å². The number of hydrogen-bond acceptors (Lipinski definition) is 7. The van der Waals surface area contributed by atoms with Crippen LogP contribution in [0.5, 0.6) is 5.75 Å². The van der Waals surface area contributed by atoms with Crippen LogP contribution in [0.3, 0.4) is 0 Å². The highest BCUT2D eigenvalue weighted by Gasteiger charge is 2.28. The summed E-state index contributed by atoms with van der Waals surface area (Å²) >= 11 is 1.78. The van der Waals surface area contributed by atoms with Crippen molar-refractivity contribution in [2.45, 2.75) is 71.1 Å². The summed E-state index contributed by atoms with van der Waals surface area (Å²) in [6.07, 6.45) is 3.26. The molecule has 1 aliphatic carbocycles. The maximum Gasteiger partial charge on any atom is 0.239 e. The molecule has 0 bridgehead atoms. The van der Waals surface area contributed by atoms with E-state index >= 15 is 0 Å². The number of ether oxygens (including phenoxy) is 1. The van der Waals surface area contributed by atoms with Gasteiger partial charge in [-0.2, -0.15) is 0 Å². The quantitative estimate of drug-likeness (QED) is 0.0876. The van der Waals surface area contributed by atoms with Crippen LogP contribution in [0.15, 0.2) is 72.8 Å². The van der Waals surface area contributed by atoms with E-state index in [0.29, 0.717) is 38.0 Å². The number of halogens is 1. The Morgan fingerprint density at radius 3 is 2.43 bits per heavy atom. The van der Waals surface area contributed by atoms with Crippen molar-refractivity contribution in [2.75, 3.05) is 39.5 Å². The highest BCUT2D eigenvalue weighted by molar-refractivity contribution is 8.56. The van der Waals surface area contributed by atoms with Gasteiger partial charge in [0.1, 0.15) is 11.6 Å². The fourth-order valence-corrected chi connectivity index (χ4v) is 9.47. The lowest BCUT2D eigenvalue weighted by Crippen LogP contribution is -2.51. The predicted octanol–water partition coefficient (Wildman–Crippen LogP) is 5.74. The number of benzene rings is 3. The molecule has 4 N–H and O–H groups in total. The van der Waals surface area contributed by atoms with Crippen molar-refractivity contribution in [1.29, 1.82) is 0 Å². The van der Waals surface area contributed by atoms with E-state index < -0.39 is 19.3 Å². The van der Waals surface area contributed by atoms with Gasteiger partial charge in [-0.15, -0.1) is 0 Å². The van der Waals surface area contributed by atoms with Crippen LogP contribution in [0.2, 0.25) is 0 Å². The van der Waals surface area contributed by atoms with Crippen molar-refractivity contribution in [3.63, 3.8) is 0 Å². The molecule has 2 unspecified atom stereocenters.